The van der Waals surface area contributed by atoms with Gasteiger partial charge in [0.2, 0.25) is 0 Å². The first-order chi connectivity index (χ1) is 6.77. The number of amides is 1. The van der Waals surface area contributed by atoms with E-state index in [2.05, 4.69) is 5.10 Å². The lowest BCUT2D eigenvalue weighted by atomic mass is 10.2. The van der Waals surface area contributed by atoms with Gasteiger partial charge in [-0.05, 0) is 12.1 Å². The molecule has 1 heterocycles. The molecule has 0 aromatic heterocycles. The molecular weight excluding hydrogens is 178 g/mol. The smallest absolute Gasteiger partial charge is 0.264 e. The second-order valence-corrected chi connectivity index (χ2v) is 3.12. The highest BCUT2D eigenvalue weighted by molar-refractivity contribution is 6.39. The Balaban J connectivity index is 2.20. The normalized spacial score (nSPS) is 15.4. The van der Waals surface area contributed by atoms with Crippen molar-refractivity contribution in [2.24, 2.45) is 10.8 Å². The Kier molecular flexibility index (Phi) is 2.18. The molecule has 1 aromatic carbocycles. The van der Waals surface area contributed by atoms with Crippen molar-refractivity contribution in [3.8, 4) is 0 Å². The third-order valence-corrected chi connectivity index (χ3v) is 2.14. The summed E-state index contributed by atoms with van der Waals surface area (Å²) < 4.78 is 0. The van der Waals surface area contributed by atoms with Crippen molar-refractivity contribution < 1.29 is 4.79 Å². The SMILES string of the molecule is NC(=O)C1=NN(c2ccccc2)CC1. The highest BCUT2D eigenvalue weighted by Gasteiger charge is 2.18. The van der Waals surface area contributed by atoms with Gasteiger partial charge in [-0.2, -0.15) is 5.10 Å². The van der Waals surface area contributed by atoms with Crippen molar-refractivity contribution >= 4 is 17.3 Å². The molecule has 72 valence electrons. The number of nitrogens with two attached hydrogens (primary N) is 1. The molecule has 1 aliphatic rings. The molecule has 0 radical (unpaired) electrons. The standard InChI is InChI=1S/C10H11N3O/c11-10(14)9-6-7-13(12-9)8-4-2-1-3-5-8/h1-5H,6-7H2,(H2,11,14). The van der Waals surface area contributed by atoms with E-state index in [1.807, 2.05) is 30.3 Å². The molecule has 0 saturated heterocycles. The second-order valence-electron chi connectivity index (χ2n) is 3.12. The molecule has 0 aliphatic carbocycles. The number of primary amides is 1. The molecule has 2 N–H and O–H groups in total. The number of para-hydroxylation sites is 1. The van der Waals surface area contributed by atoms with Gasteiger partial charge in [-0.25, -0.2) is 0 Å². The lowest BCUT2D eigenvalue weighted by molar-refractivity contribution is -0.112. The summed E-state index contributed by atoms with van der Waals surface area (Å²) in [6.45, 7) is 0.724. The molecule has 14 heavy (non-hydrogen) atoms. The summed E-state index contributed by atoms with van der Waals surface area (Å²) in [4.78, 5) is 10.8. The Morgan fingerprint density at radius 2 is 2.07 bits per heavy atom. The van der Waals surface area contributed by atoms with E-state index in [9.17, 15) is 4.79 Å². The topological polar surface area (TPSA) is 58.7 Å². The molecule has 0 spiro atoms. The fourth-order valence-electron chi connectivity index (χ4n) is 1.42. The first-order valence-corrected chi connectivity index (χ1v) is 4.47. The average molecular weight is 189 g/mol. The van der Waals surface area contributed by atoms with E-state index >= 15 is 0 Å². The van der Waals surface area contributed by atoms with E-state index < -0.39 is 5.91 Å². The van der Waals surface area contributed by atoms with Gasteiger partial charge in [-0.1, -0.05) is 18.2 Å². The van der Waals surface area contributed by atoms with Gasteiger partial charge in [-0.15, -0.1) is 0 Å². The van der Waals surface area contributed by atoms with Crippen LogP contribution in [0, 0.1) is 0 Å². The van der Waals surface area contributed by atoms with E-state index in [0.717, 1.165) is 12.2 Å². The van der Waals surface area contributed by atoms with Crippen LogP contribution in [0.25, 0.3) is 0 Å². The molecule has 4 heteroatoms. The lowest BCUT2D eigenvalue weighted by Crippen LogP contribution is -2.21. The molecule has 0 bridgehead atoms. The highest BCUT2D eigenvalue weighted by Crippen LogP contribution is 2.18. The zero-order valence-electron chi connectivity index (χ0n) is 7.68. The predicted octanol–water partition coefficient (Wildman–Crippen LogP) is 0.738. The fourth-order valence-corrected chi connectivity index (χ4v) is 1.42. The summed E-state index contributed by atoms with van der Waals surface area (Å²) in [7, 11) is 0. The number of hydrogen-bond donors (Lipinski definition) is 1. The summed E-state index contributed by atoms with van der Waals surface area (Å²) in [5, 5.41) is 5.92. The molecule has 1 aliphatic heterocycles. The molecule has 2 rings (SSSR count). The Hall–Kier alpha value is -1.84. The molecule has 1 aromatic rings. The van der Waals surface area contributed by atoms with Crippen LogP contribution in [0.5, 0.6) is 0 Å². The van der Waals surface area contributed by atoms with Crippen LogP contribution in [0.2, 0.25) is 0 Å². The molecule has 4 nitrogen and oxygen atoms in total. The zero-order chi connectivity index (χ0) is 9.97. The third kappa shape index (κ3) is 1.59. The number of hydrogen-bond acceptors (Lipinski definition) is 3. The Morgan fingerprint density at radius 1 is 1.36 bits per heavy atom. The second kappa shape index (κ2) is 3.49. The van der Waals surface area contributed by atoms with Gasteiger partial charge in [0, 0.05) is 13.0 Å². The van der Waals surface area contributed by atoms with Gasteiger partial charge in [0.05, 0.1) is 5.69 Å². The highest BCUT2D eigenvalue weighted by atomic mass is 16.1. The van der Waals surface area contributed by atoms with E-state index in [0.29, 0.717) is 12.1 Å². The molecule has 0 unspecified atom stereocenters. The minimum atomic E-state index is -0.427. The molecule has 1 amide bonds. The van der Waals surface area contributed by atoms with Gasteiger partial charge in [0.25, 0.3) is 5.91 Å². The van der Waals surface area contributed by atoms with Crippen LogP contribution in [0.4, 0.5) is 5.69 Å². The molecular formula is C10H11N3O. The van der Waals surface area contributed by atoms with Crippen LogP contribution in [0.15, 0.2) is 35.4 Å². The van der Waals surface area contributed by atoms with Crippen LogP contribution < -0.4 is 10.7 Å². The van der Waals surface area contributed by atoms with E-state index in [1.54, 1.807) is 5.01 Å². The van der Waals surface area contributed by atoms with Crippen molar-refractivity contribution in [2.45, 2.75) is 6.42 Å². The number of anilines is 1. The number of rotatable bonds is 2. The Morgan fingerprint density at radius 3 is 2.64 bits per heavy atom. The van der Waals surface area contributed by atoms with Crippen LogP contribution >= 0.6 is 0 Å². The van der Waals surface area contributed by atoms with Crippen molar-refractivity contribution in [1.29, 1.82) is 0 Å². The van der Waals surface area contributed by atoms with Gasteiger partial charge >= 0.3 is 0 Å². The third-order valence-electron chi connectivity index (χ3n) is 2.14. The maximum absolute atomic E-state index is 10.8. The Labute approximate surface area is 82.0 Å². The van der Waals surface area contributed by atoms with Gasteiger partial charge in [0.1, 0.15) is 5.71 Å². The Bertz CT molecular complexity index is 372. The first-order valence-electron chi connectivity index (χ1n) is 4.47. The largest absolute Gasteiger partial charge is 0.364 e. The summed E-state index contributed by atoms with van der Waals surface area (Å²) in [5.41, 5.74) is 6.58. The van der Waals surface area contributed by atoms with Crippen molar-refractivity contribution in [3.63, 3.8) is 0 Å². The van der Waals surface area contributed by atoms with Gasteiger partial charge < -0.3 is 5.73 Å². The number of carbonyl (C=O) groups is 1. The van der Waals surface area contributed by atoms with E-state index in [-0.39, 0.29) is 0 Å². The van der Waals surface area contributed by atoms with Crippen LogP contribution in [0.1, 0.15) is 6.42 Å². The van der Waals surface area contributed by atoms with Crippen LogP contribution in [-0.2, 0) is 4.79 Å². The summed E-state index contributed by atoms with van der Waals surface area (Å²) >= 11 is 0. The maximum atomic E-state index is 10.8. The summed E-state index contributed by atoms with van der Waals surface area (Å²) in [5.74, 6) is -0.427. The monoisotopic (exact) mass is 189 g/mol. The van der Waals surface area contributed by atoms with Crippen LogP contribution in [0.3, 0.4) is 0 Å². The number of hydrazone groups is 1. The summed E-state index contributed by atoms with van der Waals surface area (Å²) in [6.07, 6.45) is 0.629. The first kappa shape index (κ1) is 8.74. The van der Waals surface area contributed by atoms with Crippen molar-refractivity contribution in [2.75, 3.05) is 11.6 Å². The molecule has 0 saturated carbocycles. The minimum absolute atomic E-state index is 0.427. The molecule has 0 fully saturated rings. The lowest BCUT2D eigenvalue weighted by Gasteiger charge is -2.12. The van der Waals surface area contributed by atoms with Crippen LogP contribution in [-0.4, -0.2) is 18.2 Å². The fraction of sp³-hybridized carbons (Fsp3) is 0.200. The molecule has 0 atom stereocenters. The van der Waals surface area contributed by atoms with E-state index in [4.69, 9.17) is 5.73 Å². The average Bonchev–Trinajstić information content (AvgIpc) is 2.68. The maximum Gasteiger partial charge on any atom is 0.264 e. The minimum Gasteiger partial charge on any atom is -0.364 e. The number of nitrogens with zero attached hydrogens (tertiary/aromatic N) is 2. The van der Waals surface area contributed by atoms with Crippen molar-refractivity contribution in [3.05, 3.63) is 30.3 Å². The van der Waals surface area contributed by atoms with Gasteiger partial charge in [0.15, 0.2) is 0 Å². The zero-order valence-corrected chi connectivity index (χ0v) is 7.68. The number of benzene rings is 1. The number of carbonyl (C=O) groups excluding carboxylic acids is 1. The summed E-state index contributed by atoms with van der Waals surface area (Å²) in [6, 6.07) is 9.72. The quantitative estimate of drug-likeness (QED) is 0.745. The predicted molar refractivity (Wildman–Crippen MR) is 55.0 cm³/mol. The van der Waals surface area contributed by atoms with Crippen molar-refractivity contribution in [1.82, 2.24) is 0 Å². The van der Waals surface area contributed by atoms with Gasteiger partial charge in [-0.3, -0.25) is 9.80 Å². The van der Waals surface area contributed by atoms with E-state index in [1.165, 1.54) is 0 Å².